The normalized spacial score (nSPS) is 19.2. The quantitative estimate of drug-likeness (QED) is 0.908. The second kappa shape index (κ2) is 6.50. The van der Waals surface area contributed by atoms with Gasteiger partial charge in [-0.05, 0) is 38.0 Å². The first-order chi connectivity index (χ1) is 10.1. The molecule has 2 aromatic rings. The minimum absolute atomic E-state index is 0.00862. The van der Waals surface area contributed by atoms with Gasteiger partial charge in [0.2, 0.25) is 0 Å². The molecule has 3 heterocycles. The van der Waals surface area contributed by atoms with E-state index in [9.17, 15) is 4.79 Å². The fraction of sp³-hybridized carbons (Fsp3) is 0.600. The molecule has 1 unspecified atom stereocenters. The average molecular weight is 323 g/mol. The van der Waals surface area contributed by atoms with Crippen molar-refractivity contribution in [2.75, 3.05) is 12.3 Å². The Morgan fingerprint density at radius 1 is 1.38 bits per heavy atom. The summed E-state index contributed by atoms with van der Waals surface area (Å²) in [4.78, 5) is 21.7. The zero-order valence-corrected chi connectivity index (χ0v) is 14.1. The number of thiophene rings is 1. The van der Waals surface area contributed by atoms with Crippen LogP contribution in [0.2, 0.25) is 0 Å². The van der Waals surface area contributed by atoms with Gasteiger partial charge in [-0.1, -0.05) is 6.42 Å². The Balaban J connectivity index is 1.68. The maximum absolute atomic E-state index is 12.2. The Morgan fingerprint density at radius 3 is 3.00 bits per heavy atom. The van der Waals surface area contributed by atoms with Crippen LogP contribution in [0, 0.1) is 13.8 Å². The number of H-pyrrole nitrogens is 1. The van der Waals surface area contributed by atoms with Gasteiger partial charge in [-0.15, -0.1) is 11.3 Å². The van der Waals surface area contributed by atoms with Crippen molar-refractivity contribution in [1.29, 1.82) is 0 Å². The lowest BCUT2D eigenvalue weighted by Gasteiger charge is -2.21. The lowest BCUT2D eigenvalue weighted by atomic mass is 10.2. The number of nitrogens with zero attached hydrogens (tertiary/aromatic N) is 1. The van der Waals surface area contributed by atoms with Crippen LogP contribution in [0.5, 0.6) is 0 Å². The van der Waals surface area contributed by atoms with Crippen LogP contribution in [0.15, 0.2) is 4.79 Å². The first-order valence-corrected chi connectivity index (χ1v) is 9.33. The van der Waals surface area contributed by atoms with Crippen molar-refractivity contribution in [3.8, 4) is 0 Å². The van der Waals surface area contributed by atoms with Gasteiger partial charge >= 0.3 is 0 Å². The van der Waals surface area contributed by atoms with Gasteiger partial charge in [0.05, 0.1) is 11.9 Å². The van der Waals surface area contributed by atoms with E-state index in [0.717, 1.165) is 28.1 Å². The molecule has 0 aliphatic carbocycles. The molecule has 4 nitrogen and oxygen atoms in total. The number of aryl methyl sites for hydroxylation is 2. The molecule has 0 bridgehead atoms. The van der Waals surface area contributed by atoms with Crippen LogP contribution < -0.4 is 10.9 Å². The van der Waals surface area contributed by atoms with E-state index in [2.05, 4.69) is 27.0 Å². The molecule has 1 saturated heterocycles. The van der Waals surface area contributed by atoms with Crippen molar-refractivity contribution < 1.29 is 0 Å². The molecule has 114 valence electrons. The number of nitrogens with one attached hydrogen (secondary N) is 2. The molecule has 3 rings (SSSR count). The van der Waals surface area contributed by atoms with Crippen LogP contribution in [-0.4, -0.2) is 27.5 Å². The molecular weight excluding hydrogens is 302 g/mol. The third kappa shape index (κ3) is 3.33. The number of aromatic amines is 1. The summed E-state index contributed by atoms with van der Waals surface area (Å²) in [5, 5.41) is 4.90. The monoisotopic (exact) mass is 323 g/mol. The zero-order chi connectivity index (χ0) is 14.8. The first-order valence-electron chi connectivity index (χ1n) is 7.46. The van der Waals surface area contributed by atoms with Gasteiger partial charge in [-0.3, -0.25) is 4.79 Å². The van der Waals surface area contributed by atoms with E-state index in [1.54, 1.807) is 11.3 Å². The highest BCUT2D eigenvalue weighted by Crippen LogP contribution is 2.26. The number of rotatable bonds is 4. The van der Waals surface area contributed by atoms with Crippen LogP contribution in [0.1, 0.15) is 35.5 Å². The van der Waals surface area contributed by atoms with Crippen LogP contribution in [0.3, 0.4) is 0 Å². The number of hydrogen-bond acceptors (Lipinski definition) is 5. The highest BCUT2D eigenvalue weighted by molar-refractivity contribution is 7.99. The molecule has 2 N–H and O–H groups in total. The van der Waals surface area contributed by atoms with Crippen LogP contribution >= 0.6 is 23.1 Å². The fourth-order valence-electron chi connectivity index (χ4n) is 2.70. The van der Waals surface area contributed by atoms with E-state index in [1.165, 1.54) is 29.9 Å². The summed E-state index contributed by atoms with van der Waals surface area (Å²) >= 11 is 3.66. The summed E-state index contributed by atoms with van der Waals surface area (Å²) in [6.45, 7) is 5.66. The summed E-state index contributed by atoms with van der Waals surface area (Å²) in [7, 11) is 0. The van der Waals surface area contributed by atoms with Crippen LogP contribution in [0.25, 0.3) is 10.2 Å². The molecule has 1 fully saturated rings. The Labute approximate surface area is 132 Å². The summed E-state index contributed by atoms with van der Waals surface area (Å²) in [5.74, 6) is 2.02. The SMILES string of the molecule is Cc1sc2nc(CNCC3CCCCS3)[nH]c(=O)c2c1C. The molecule has 1 aliphatic heterocycles. The van der Waals surface area contributed by atoms with Gasteiger partial charge in [0.15, 0.2) is 0 Å². The zero-order valence-electron chi connectivity index (χ0n) is 12.5. The molecule has 0 saturated carbocycles. The number of hydrogen-bond donors (Lipinski definition) is 2. The van der Waals surface area contributed by atoms with E-state index in [-0.39, 0.29) is 5.56 Å². The van der Waals surface area contributed by atoms with E-state index >= 15 is 0 Å². The topological polar surface area (TPSA) is 57.8 Å². The summed E-state index contributed by atoms with van der Waals surface area (Å²) in [6.07, 6.45) is 3.99. The largest absolute Gasteiger partial charge is 0.309 e. The van der Waals surface area contributed by atoms with Gasteiger partial charge in [-0.25, -0.2) is 4.98 Å². The van der Waals surface area contributed by atoms with Crippen LogP contribution in [-0.2, 0) is 6.54 Å². The van der Waals surface area contributed by atoms with Crippen molar-refractivity contribution in [2.24, 2.45) is 0 Å². The van der Waals surface area contributed by atoms with Gasteiger partial charge in [-0.2, -0.15) is 11.8 Å². The lowest BCUT2D eigenvalue weighted by molar-refractivity contribution is 0.588. The summed E-state index contributed by atoms with van der Waals surface area (Å²) in [5.41, 5.74) is 1.05. The second-order valence-corrected chi connectivity index (χ2v) is 8.21. The van der Waals surface area contributed by atoms with Gasteiger partial charge in [0.25, 0.3) is 5.56 Å². The summed E-state index contributed by atoms with van der Waals surface area (Å²) in [6, 6.07) is 0. The van der Waals surface area contributed by atoms with Crippen molar-refractivity contribution in [2.45, 2.75) is 44.9 Å². The summed E-state index contributed by atoms with van der Waals surface area (Å²) < 4.78 is 0. The van der Waals surface area contributed by atoms with E-state index in [0.29, 0.717) is 11.8 Å². The second-order valence-electron chi connectivity index (χ2n) is 5.60. The van der Waals surface area contributed by atoms with Crippen molar-refractivity contribution in [3.63, 3.8) is 0 Å². The molecule has 0 spiro atoms. The molecule has 0 amide bonds. The fourth-order valence-corrected chi connectivity index (χ4v) is 5.02. The Bertz CT molecular complexity index is 686. The lowest BCUT2D eigenvalue weighted by Crippen LogP contribution is -2.28. The average Bonchev–Trinajstić information content (AvgIpc) is 2.75. The maximum Gasteiger partial charge on any atom is 0.259 e. The number of aromatic nitrogens is 2. The van der Waals surface area contributed by atoms with E-state index in [1.807, 2.05) is 13.8 Å². The van der Waals surface area contributed by atoms with Crippen molar-refractivity contribution >= 4 is 33.3 Å². The number of thioether (sulfide) groups is 1. The molecule has 21 heavy (non-hydrogen) atoms. The van der Waals surface area contributed by atoms with Crippen LogP contribution in [0.4, 0.5) is 0 Å². The first kappa shape index (κ1) is 15.1. The number of fused-ring (bicyclic) bond motifs is 1. The predicted octanol–water partition coefficient (Wildman–Crippen LogP) is 2.98. The minimum Gasteiger partial charge on any atom is -0.309 e. The van der Waals surface area contributed by atoms with E-state index in [4.69, 9.17) is 0 Å². The minimum atomic E-state index is -0.00862. The Kier molecular flexibility index (Phi) is 4.66. The molecule has 0 aromatic carbocycles. The van der Waals surface area contributed by atoms with Gasteiger partial charge in [0.1, 0.15) is 10.7 Å². The smallest absolute Gasteiger partial charge is 0.259 e. The molecular formula is C15H21N3OS2. The molecule has 2 aromatic heterocycles. The third-order valence-electron chi connectivity index (χ3n) is 4.03. The third-order valence-corrected chi connectivity index (χ3v) is 6.53. The highest BCUT2D eigenvalue weighted by atomic mass is 32.2. The molecule has 6 heteroatoms. The standard InChI is InChI=1S/C15H21N3OS2/c1-9-10(2)21-15-13(9)14(19)17-12(18-15)8-16-7-11-5-3-4-6-20-11/h11,16H,3-8H2,1-2H3,(H,17,18,19). The van der Waals surface area contributed by atoms with Crippen molar-refractivity contribution in [1.82, 2.24) is 15.3 Å². The highest BCUT2D eigenvalue weighted by Gasteiger charge is 2.14. The Hall–Kier alpha value is -0.850. The molecule has 1 aliphatic rings. The predicted molar refractivity (Wildman–Crippen MR) is 91.5 cm³/mol. The molecule has 0 radical (unpaired) electrons. The maximum atomic E-state index is 12.2. The van der Waals surface area contributed by atoms with Gasteiger partial charge < -0.3 is 10.3 Å². The van der Waals surface area contributed by atoms with Crippen molar-refractivity contribution in [3.05, 3.63) is 26.6 Å². The Morgan fingerprint density at radius 2 is 2.24 bits per heavy atom. The van der Waals surface area contributed by atoms with Gasteiger partial charge in [0, 0.05) is 16.7 Å². The molecule has 1 atom stereocenters. The van der Waals surface area contributed by atoms with E-state index < -0.39 is 0 Å².